The average Bonchev–Trinajstić information content (AvgIpc) is 2.48. The van der Waals surface area contributed by atoms with Crippen molar-refractivity contribution in [2.75, 3.05) is 6.61 Å². The molecule has 5 nitrogen and oxygen atoms in total. The van der Waals surface area contributed by atoms with Crippen molar-refractivity contribution in [2.24, 2.45) is 7.05 Å². The van der Waals surface area contributed by atoms with E-state index in [0.717, 1.165) is 18.5 Å². The minimum absolute atomic E-state index is 0.304. The van der Waals surface area contributed by atoms with Gasteiger partial charge in [0.15, 0.2) is 0 Å². The number of rotatable bonds is 4. The van der Waals surface area contributed by atoms with Crippen LogP contribution < -0.4 is 4.74 Å². The van der Waals surface area contributed by atoms with Gasteiger partial charge in [-0.25, -0.2) is 9.48 Å². The van der Waals surface area contributed by atoms with Gasteiger partial charge < -0.3 is 9.47 Å². The fraction of sp³-hybridized carbons (Fsp3) is 0.600. The largest absolute Gasteiger partial charge is 0.515 e. The lowest BCUT2D eigenvalue weighted by Gasteiger charge is -2.02. The van der Waals surface area contributed by atoms with Gasteiger partial charge in [0.2, 0.25) is 5.88 Å². The lowest BCUT2D eigenvalue weighted by molar-refractivity contribution is 0.101. The van der Waals surface area contributed by atoms with Crippen LogP contribution in [0.15, 0.2) is 6.07 Å². The first-order valence-electron chi connectivity index (χ1n) is 5.04. The third kappa shape index (κ3) is 3.27. The number of carbonyl (C=O) groups is 1. The van der Waals surface area contributed by atoms with Crippen LogP contribution in [0.3, 0.4) is 0 Å². The normalized spacial score (nSPS) is 10.1. The predicted molar refractivity (Wildman–Crippen MR) is 54.9 cm³/mol. The Morgan fingerprint density at radius 3 is 2.87 bits per heavy atom. The van der Waals surface area contributed by atoms with E-state index in [1.807, 2.05) is 0 Å². The van der Waals surface area contributed by atoms with E-state index in [1.165, 1.54) is 4.68 Å². The molecule has 1 aromatic rings. The number of ether oxygens (including phenoxy) is 2. The first-order chi connectivity index (χ1) is 7.17. The zero-order valence-corrected chi connectivity index (χ0v) is 9.32. The summed E-state index contributed by atoms with van der Waals surface area (Å²) in [5, 5.41) is 4.20. The van der Waals surface area contributed by atoms with E-state index in [0.29, 0.717) is 12.5 Å². The molecule has 0 N–H and O–H groups in total. The lowest BCUT2D eigenvalue weighted by Crippen LogP contribution is -2.12. The van der Waals surface area contributed by atoms with Crippen molar-refractivity contribution in [2.45, 2.75) is 26.7 Å². The summed E-state index contributed by atoms with van der Waals surface area (Å²) in [6.45, 7) is 4.10. The quantitative estimate of drug-likeness (QED) is 0.715. The highest BCUT2D eigenvalue weighted by Gasteiger charge is 2.10. The maximum atomic E-state index is 11.0. The van der Waals surface area contributed by atoms with Crippen LogP contribution in [0.25, 0.3) is 0 Å². The van der Waals surface area contributed by atoms with Crippen LogP contribution >= 0.6 is 0 Å². The van der Waals surface area contributed by atoms with Crippen molar-refractivity contribution < 1.29 is 14.3 Å². The molecule has 0 fully saturated rings. The molecule has 84 valence electrons. The molecular weight excluding hydrogens is 196 g/mol. The molecule has 15 heavy (non-hydrogen) atoms. The van der Waals surface area contributed by atoms with Crippen LogP contribution in [0.1, 0.15) is 26.0 Å². The van der Waals surface area contributed by atoms with E-state index in [4.69, 9.17) is 4.74 Å². The topological polar surface area (TPSA) is 53.4 Å². The van der Waals surface area contributed by atoms with Crippen molar-refractivity contribution >= 4 is 6.16 Å². The summed E-state index contributed by atoms with van der Waals surface area (Å²) >= 11 is 0. The number of aryl methyl sites for hydroxylation is 2. The third-order valence-electron chi connectivity index (χ3n) is 1.84. The second-order valence-electron chi connectivity index (χ2n) is 3.13. The molecule has 0 aliphatic carbocycles. The Morgan fingerprint density at radius 2 is 2.27 bits per heavy atom. The summed E-state index contributed by atoms with van der Waals surface area (Å²) in [5.74, 6) is 0.414. The maximum absolute atomic E-state index is 11.0. The molecule has 1 aromatic heterocycles. The Bertz CT molecular complexity index is 333. The minimum Gasteiger partial charge on any atom is -0.434 e. The van der Waals surface area contributed by atoms with Crippen molar-refractivity contribution in [3.05, 3.63) is 11.8 Å². The molecule has 5 heteroatoms. The minimum atomic E-state index is -0.691. The van der Waals surface area contributed by atoms with Gasteiger partial charge in [0.1, 0.15) is 0 Å². The Hall–Kier alpha value is -1.52. The van der Waals surface area contributed by atoms with Crippen molar-refractivity contribution in [1.82, 2.24) is 9.78 Å². The summed E-state index contributed by atoms with van der Waals surface area (Å²) in [5.41, 5.74) is 0.916. The average molecular weight is 212 g/mol. The number of aromatic nitrogens is 2. The molecule has 0 spiro atoms. The standard InChI is InChI=1S/C10H16N2O3/c1-4-6-8-7-9(12(3)11-8)15-10(13)14-5-2/h7H,4-6H2,1-3H3. The first-order valence-corrected chi connectivity index (χ1v) is 5.04. The van der Waals surface area contributed by atoms with Gasteiger partial charge >= 0.3 is 6.16 Å². The highest BCUT2D eigenvalue weighted by atomic mass is 16.7. The molecule has 0 amide bonds. The van der Waals surface area contributed by atoms with E-state index in [2.05, 4.69) is 16.8 Å². The van der Waals surface area contributed by atoms with Gasteiger partial charge in [-0.15, -0.1) is 0 Å². The zero-order valence-electron chi connectivity index (χ0n) is 9.32. The van der Waals surface area contributed by atoms with Gasteiger partial charge in [-0.3, -0.25) is 0 Å². The Kier molecular flexibility index (Phi) is 4.15. The monoisotopic (exact) mass is 212 g/mol. The smallest absolute Gasteiger partial charge is 0.434 e. The van der Waals surface area contributed by atoms with E-state index in [1.54, 1.807) is 20.0 Å². The van der Waals surface area contributed by atoms with Crippen LogP contribution in [0.5, 0.6) is 5.88 Å². The second-order valence-corrected chi connectivity index (χ2v) is 3.13. The Morgan fingerprint density at radius 1 is 1.53 bits per heavy atom. The first kappa shape index (κ1) is 11.6. The maximum Gasteiger partial charge on any atom is 0.515 e. The van der Waals surface area contributed by atoms with Crippen LogP contribution in [-0.4, -0.2) is 22.5 Å². The predicted octanol–water partition coefficient (Wildman–Crippen LogP) is 1.91. The lowest BCUT2D eigenvalue weighted by atomic mass is 10.3. The highest BCUT2D eigenvalue weighted by Crippen LogP contribution is 2.13. The molecule has 1 heterocycles. The number of nitrogens with zero attached hydrogens (tertiary/aromatic N) is 2. The molecular formula is C10H16N2O3. The fourth-order valence-electron chi connectivity index (χ4n) is 1.21. The molecule has 0 radical (unpaired) electrons. The molecule has 0 saturated heterocycles. The number of carbonyl (C=O) groups excluding carboxylic acids is 1. The van der Waals surface area contributed by atoms with Crippen LogP contribution in [-0.2, 0) is 18.2 Å². The van der Waals surface area contributed by atoms with E-state index < -0.39 is 6.16 Å². The van der Waals surface area contributed by atoms with Gasteiger partial charge in [0.25, 0.3) is 0 Å². The molecule has 0 aromatic carbocycles. The summed E-state index contributed by atoms with van der Waals surface area (Å²) < 4.78 is 11.1. The van der Waals surface area contributed by atoms with E-state index >= 15 is 0 Å². The van der Waals surface area contributed by atoms with Gasteiger partial charge in [-0.2, -0.15) is 5.10 Å². The van der Waals surface area contributed by atoms with Gasteiger partial charge in [-0.1, -0.05) is 13.3 Å². The summed E-state index contributed by atoms with van der Waals surface area (Å²) in [6, 6.07) is 1.75. The fourth-order valence-corrected chi connectivity index (χ4v) is 1.21. The SMILES string of the molecule is CCCc1cc(OC(=O)OCC)n(C)n1. The Balaban J connectivity index is 2.64. The molecule has 0 atom stereocenters. The second kappa shape index (κ2) is 5.38. The van der Waals surface area contributed by atoms with Gasteiger partial charge in [0.05, 0.1) is 12.3 Å². The number of hydrogen-bond donors (Lipinski definition) is 0. The van der Waals surface area contributed by atoms with Crippen molar-refractivity contribution in [1.29, 1.82) is 0 Å². The Labute approximate surface area is 89.0 Å². The van der Waals surface area contributed by atoms with Crippen molar-refractivity contribution in [3.8, 4) is 5.88 Å². The molecule has 0 aliphatic rings. The van der Waals surface area contributed by atoms with Crippen LogP contribution in [0, 0.1) is 0 Å². The number of hydrogen-bond acceptors (Lipinski definition) is 4. The van der Waals surface area contributed by atoms with Crippen molar-refractivity contribution in [3.63, 3.8) is 0 Å². The molecule has 1 rings (SSSR count). The summed E-state index contributed by atoms with van der Waals surface area (Å²) in [4.78, 5) is 11.0. The highest BCUT2D eigenvalue weighted by molar-refractivity contribution is 5.63. The van der Waals surface area contributed by atoms with Gasteiger partial charge in [0, 0.05) is 13.1 Å². The van der Waals surface area contributed by atoms with Gasteiger partial charge in [-0.05, 0) is 13.3 Å². The summed E-state index contributed by atoms with van der Waals surface area (Å²) in [7, 11) is 1.73. The molecule has 0 unspecified atom stereocenters. The molecule has 0 aliphatic heterocycles. The molecule has 0 saturated carbocycles. The van der Waals surface area contributed by atoms with E-state index in [-0.39, 0.29) is 0 Å². The summed E-state index contributed by atoms with van der Waals surface area (Å²) in [6.07, 6.45) is 1.19. The van der Waals surface area contributed by atoms with Crippen LogP contribution in [0.2, 0.25) is 0 Å². The zero-order chi connectivity index (χ0) is 11.3. The third-order valence-corrected chi connectivity index (χ3v) is 1.84. The van der Waals surface area contributed by atoms with Crippen LogP contribution in [0.4, 0.5) is 4.79 Å². The van der Waals surface area contributed by atoms with E-state index in [9.17, 15) is 4.79 Å². The molecule has 0 bridgehead atoms.